The van der Waals surface area contributed by atoms with Crippen LogP contribution in [0.5, 0.6) is 0 Å². The molecule has 1 aliphatic rings. The number of benzene rings is 1. The SMILES string of the molecule is C=CCNC(=O)CN1CCN(CC(=O)Nc2ccnn2Cc2ccccc2Cl)CC1. The molecule has 0 saturated carbocycles. The lowest BCUT2D eigenvalue weighted by Crippen LogP contribution is -2.51. The fourth-order valence-electron chi connectivity index (χ4n) is 3.29. The van der Waals surface area contributed by atoms with Gasteiger partial charge in [-0.1, -0.05) is 35.9 Å². The van der Waals surface area contributed by atoms with E-state index in [2.05, 4.69) is 32.1 Å². The monoisotopic (exact) mass is 430 g/mol. The average molecular weight is 431 g/mol. The van der Waals surface area contributed by atoms with Crippen molar-refractivity contribution in [2.75, 3.05) is 51.1 Å². The van der Waals surface area contributed by atoms with E-state index in [0.29, 0.717) is 37.0 Å². The second kappa shape index (κ2) is 10.9. The van der Waals surface area contributed by atoms with Crippen LogP contribution in [-0.4, -0.2) is 77.2 Å². The Morgan fingerprint density at radius 2 is 1.73 bits per heavy atom. The third-order valence-corrected chi connectivity index (χ3v) is 5.27. The molecule has 1 saturated heterocycles. The van der Waals surface area contributed by atoms with Gasteiger partial charge in [-0.3, -0.25) is 19.4 Å². The molecule has 2 heterocycles. The van der Waals surface area contributed by atoms with Crippen molar-refractivity contribution >= 4 is 29.2 Å². The Bertz CT molecular complexity index is 876. The van der Waals surface area contributed by atoms with Crippen LogP contribution in [-0.2, 0) is 16.1 Å². The summed E-state index contributed by atoms with van der Waals surface area (Å²) in [6.45, 7) is 8.19. The summed E-state index contributed by atoms with van der Waals surface area (Å²) in [6.07, 6.45) is 3.32. The average Bonchev–Trinajstić information content (AvgIpc) is 3.16. The molecule has 3 rings (SSSR count). The minimum Gasteiger partial charge on any atom is -0.352 e. The molecule has 0 bridgehead atoms. The first kappa shape index (κ1) is 22.0. The molecule has 2 N–H and O–H groups in total. The minimum atomic E-state index is -0.0897. The van der Waals surface area contributed by atoms with Crippen molar-refractivity contribution in [1.29, 1.82) is 0 Å². The maximum atomic E-state index is 12.5. The number of amides is 2. The summed E-state index contributed by atoms with van der Waals surface area (Å²) < 4.78 is 1.72. The van der Waals surface area contributed by atoms with Gasteiger partial charge in [-0.2, -0.15) is 5.10 Å². The van der Waals surface area contributed by atoms with Crippen LogP contribution in [0.15, 0.2) is 49.2 Å². The number of hydrogen-bond donors (Lipinski definition) is 2. The van der Waals surface area contributed by atoms with E-state index in [-0.39, 0.29) is 11.8 Å². The normalized spacial score (nSPS) is 15.0. The van der Waals surface area contributed by atoms with Crippen LogP contribution in [0.25, 0.3) is 0 Å². The van der Waals surface area contributed by atoms with Gasteiger partial charge in [-0.05, 0) is 11.6 Å². The molecule has 0 spiro atoms. The minimum absolute atomic E-state index is 0.00660. The number of aromatic nitrogens is 2. The first-order chi connectivity index (χ1) is 14.5. The Kier molecular flexibility index (Phi) is 8.01. The summed E-state index contributed by atoms with van der Waals surface area (Å²) >= 11 is 6.23. The van der Waals surface area contributed by atoms with Gasteiger partial charge in [0.25, 0.3) is 0 Å². The Morgan fingerprint density at radius 3 is 2.40 bits per heavy atom. The molecule has 1 aliphatic heterocycles. The van der Waals surface area contributed by atoms with Crippen molar-refractivity contribution in [2.45, 2.75) is 6.54 Å². The molecule has 0 radical (unpaired) electrons. The molecule has 160 valence electrons. The van der Waals surface area contributed by atoms with Gasteiger partial charge in [0.05, 0.1) is 25.8 Å². The molecule has 0 unspecified atom stereocenters. The van der Waals surface area contributed by atoms with Crippen molar-refractivity contribution in [3.8, 4) is 0 Å². The van der Waals surface area contributed by atoms with Gasteiger partial charge < -0.3 is 10.6 Å². The summed E-state index contributed by atoms with van der Waals surface area (Å²) in [6, 6.07) is 9.35. The predicted octanol–water partition coefficient (Wildman–Crippen LogP) is 1.44. The zero-order valence-corrected chi connectivity index (χ0v) is 17.6. The van der Waals surface area contributed by atoms with E-state index in [4.69, 9.17) is 11.6 Å². The van der Waals surface area contributed by atoms with Crippen molar-refractivity contribution in [1.82, 2.24) is 24.9 Å². The highest BCUT2D eigenvalue weighted by Gasteiger charge is 2.21. The zero-order chi connectivity index (χ0) is 21.3. The fraction of sp³-hybridized carbons (Fsp3) is 0.381. The molecule has 8 nitrogen and oxygen atoms in total. The Balaban J connectivity index is 1.45. The quantitative estimate of drug-likeness (QED) is 0.588. The number of nitrogens with one attached hydrogen (secondary N) is 2. The van der Waals surface area contributed by atoms with E-state index < -0.39 is 0 Å². The molecule has 30 heavy (non-hydrogen) atoms. The van der Waals surface area contributed by atoms with E-state index in [9.17, 15) is 9.59 Å². The molecule has 1 aromatic heterocycles. The van der Waals surface area contributed by atoms with Crippen molar-refractivity contribution in [2.24, 2.45) is 0 Å². The first-order valence-corrected chi connectivity index (χ1v) is 10.3. The largest absolute Gasteiger partial charge is 0.352 e. The van der Waals surface area contributed by atoms with Crippen molar-refractivity contribution in [3.05, 3.63) is 59.8 Å². The van der Waals surface area contributed by atoms with Crippen LogP contribution in [0.2, 0.25) is 5.02 Å². The summed E-state index contributed by atoms with van der Waals surface area (Å²) in [5, 5.41) is 10.7. The van der Waals surface area contributed by atoms with Crippen molar-refractivity contribution in [3.63, 3.8) is 0 Å². The van der Waals surface area contributed by atoms with Crippen LogP contribution >= 0.6 is 11.6 Å². The molecular formula is C21H27ClN6O2. The molecule has 0 aliphatic carbocycles. The van der Waals surface area contributed by atoms with Gasteiger partial charge >= 0.3 is 0 Å². The number of halogens is 1. The summed E-state index contributed by atoms with van der Waals surface area (Å²) in [5.41, 5.74) is 0.937. The number of anilines is 1. The van der Waals surface area contributed by atoms with Crippen LogP contribution in [0.3, 0.4) is 0 Å². The maximum Gasteiger partial charge on any atom is 0.239 e. The zero-order valence-electron chi connectivity index (χ0n) is 16.9. The lowest BCUT2D eigenvalue weighted by molar-refractivity contribution is -0.123. The summed E-state index contributed by atoms with van der Waals surface area (Å²) in [7, 11) is 0. The maximum absolute atomic E-state index is 12.5. The Labute approximate surface area is 181 Å². The number of hydrogen-bond acceptors (Lipinski definition) is 5. The van der Waals surface area contributed by atoms with E-state index in [1.807, 2.05) is 24.3 Å². The van der Waals surface area contributed by atoms with Gasteiger partial charge in [-0.25, -0.2) is 4.68 Å². The second-order valence-electron chi connectivity index (χ2n) is 7.16. The summed E-state index contributed by atoms with van der Waals surface area (Å²) in [4.78, 5) is 28.5. The molecule has 9 heteroatoms. The van der Waals surface area contributed by atoms with E-state index in [1.165, 1.54) is 0 Å². The second-order valence-corrected chi connectivity index (χ2v) is 7.57. The lowest BCUT2D eigenvalue weighted by atomic mass is 10.2. The van der Waals surface area contributed by atoms with E-state index in [1.54, 1.807) is 23.0 Å². The number of rotatable bonds is 9. The smallest absolute Gasteiger partial charge is 0.239 e. The number of carbonyl (C=O) groups is 2. The van der Waals surface area contributed by atoms with Gasteiger partial charge in [0.2, 0.25) is 11.8 Å². The standard InChI is InChI=1S/C21H27ClN6O2/c1-2-8-23-20(29)15-26-10-12-27(13-11-26)16-21(30)25-19-7-9-24-28(19)14-17-5-3-4-6-18(17)22/h2-7,9H,1,8,10-16H2,(H,23,29)(H,25,30). The lowest BCUT2D eigenvalue weighted by Gasteiger charge is -2.33. The molecule has 1 aromatic carbocycles. The topological polar surface area (TPSA) is 82.5 Å². The Morgan fingerprint density at radius 1 is 1.07 bits per heavy atom. The highest BCUT2D eigenvalue weighted by molar-refractivity contribution is 6.31. The molecule has 2 amide bonds. The number of nitrogens with zero attached hydrogens (tertiary/aromatic N) is 4. The fourth-order valence-corrected chi connectivity index (χ4v) is 3.48. The van der Waals surface area contributed by atoms with Crippen LogP contribution in [0.1, 0.15) is 5.56 Å². The highest BCUT2D eigenvalue weighted by Crippen LogP contribution is 2.18. The number of carbonyl (C=O) groups excluding carboxylic acids is 2. The summed E-state index contributed by atoms with van der Waals surface area (Å²) in [5.74, 6) is 0.540. The van der Waals surface area contributed by atoms with Gasteiger partial charge in [0, 0.05) is 43.8 Å². The molecule has 2 aromatic rings. The van der Waals surface area contributed by atoms with Crippen LogP contribution < -0.4 is 10.6 Å². The molecule has 1 fully saturated rings. The predicted molar refractivity (Wildman–Crippen MR) is 117 cm³/mol. The van der Waals surface area contributed by atoms with Crippen molar-refractivity contribution < 1.29 is 9.59 Å². The van der Waals surface area contributed by atoms with Gasteiger partial charge in [0.1, 0.15) is 5.82 Å². The van der Waals surface area contributed by atoms with Crippen LogP contribution in [0.4, 0.5) is 5.82 Å². The number of piperazine rings is 1. The highest BCUT2D eigenvalue weighted by atomic mass is 35.5. The van der Waals surface area contributed by atoms with Gasteiger partial charge in [-0.15, -0.1) is 6.58 Å². The molecular weight excluding hydrogens is 404 g/mol. The van der Waals surface area contributed by atoms with Crippen LogP contribution in [0, 0.1) is 0 Å². The van der Waals surface area contributed by atoms with E-state index in [0.717, 1.165) is 31.7 Å². The Hall–Kier alpha value is -2.68. The third-order valence-electron chi connectivity index (χ3n) is 4.90. The first-order valence-electron chi connectivity index (χ1n) is 9.92. The molecule has 0 atom stereocenters. The van der Waals surface area contributed by atoms with Gasteiger partial charge in [0.15, 0.2) is 0 Å². The third kappa shape index (κ3) is 6.41. The van der Waals surface area contributed by atoms with E-state index >= 15 is 0 Å².